The topological polar surface area (TPSA) is 44.7 Å². The van der Waals surface area contributed by atoms with Gasteiger partial charge in [0.25, 0.3) is 0 Å². The standard InChI is InChI=1S/C26H35ClN2O2/c1-28-22-12-15-29(17-22)18-23(26(30)13-6-3-7-14-26)21-10-11-25(24(27)16-21)31-19-20-8-4-2-5-9-20/h2,4-5,8-11,16,22-23,28,30H,3,6-7,12-15,17-19H2,1H3/t22-,23?/m1/s1. The fourth-order valence-corrected chi connectivity index (χ4v) is 5.42. The number of likely N-dealkylation sites (N-methyl/N-ethyl adjacent to an activating group) is 1. The minimum absolute atomic E-state index is 0.0593. The average molecular weight is 443 g/mol. The number of nitrogens with zero attached hydrogens (tertiary/aromatic N) is 1. The van der Waals surface area contributed by atoms with Crippen molar-refractivity contribution in [3.05, 3.63) is 64.7 Å². The molecule has 4 nitrogen and oxygen atoms in total. The van der Waals surface area contributed by atoms with E-state index in [0.29, 0.717) is 23.4 Å². The van der Waals surface area contributed by atoms with Crippen LogP contribution in [0.4, 0.5) is 0 Å². The van der Waals surface area contributed by atoms with Gasteiger partial charge in [0.05, 0.1) is 10.6 Å². The van der Waals surface area contributed by atoms with E-state index >= 15 is 0 Å². The van der Waals surface area contributed by atoms with Gasteiger partial charge in [-0.1, -0.05) is 67.3 Å². The van der Waals surface area contributed by atoms with Gasteiger partial charge in [-0.3, -0.25) is 0 Å². The lowest BCUT2D eigenvalue weighted by Crippen LogP contribution is -2.44. The van der Waals surface area contributed by atoms with Crippen LogP contribution >= 0.6 is 11.6 Å². The summed E-state index contributed by atoms with van der Waals surface area (Å²) in [5, 5.41) is 15.7. The molecule has 2 atom stereocenters. The van der Waals surface area contributed by atoms with E-state index in [0.717, 1.165) is 62.9 Å². The molecule has 1 unspecified atom stereocenters. The quantitative estimate of drug-likeness (QED) is 0.604. The first-order chi connectivity index (χ1) is 15.1. The van der Waals surface area contributed by atoms with Gasteiger partial charge >= 0.3 is 0 Å². The first-order valence-electron chi connectivity index (χ1n) is 11.7. The third-order valence-electron chi connectivity index (χ3n) is 7.08. The molecule has 0 amide bonds. The lowest BCUT2D eigenvalue weighted by atomic mass is 9.72. The van der Waals surface area contributed by atoms with E-state index in [4.69, 9.17) is 16.3 Å². The highest BCUT2D eigenvalue weighted by Crippen LogP contribution is 2.42. The van der Waals surface area contributed by atoms with Crippen LogP contribution < -0.4 is 10.1 Å². The van der Waals surface area contributed by atoms with Crippen LogP contribution in [0.1, 0.15) is 55.6 Å². The molecule has 1 aliphatic heterocycles. The van der Waals surface area contributed by atoms with Gasteiger partial charge in [-0.05, 0) is 56.1 Å². The Hall–Kier alpha value is -1.59. The number of ether oxygens (including phenoxy) is 1. The first-order valence-corrected chi connectivity index (χ1v) is 12.0. The van der Waals surface area contributed by atoms with E-state index in [1.807, 2.05) is 49.5 Å². The van der Waals surface area contributed by atoms with E-state index in [-0.39, 0.29) is 5.92 Å². The smallest absolute Gasteiger partial charge is 0.138 e. The van der Waals surface area contributed by atoms with Crippen LogP contribution in [0.15, 0.2) is 48.5 Å². The van der Waals surface area contributed by atoms with Crippen molar-refractivity contribution in [2.75, 3.05) is 26.7 Å². The van der Waals surface area contributed by atoms with Crippen molar-refractivity contribution in [3.63, 3.8) is 0 Å². The molecule has 2 aliphatic rings. The van der Waals surface area contributed by atoms with E-state index in [2.05, 4.69) is 16.3 Å². The predicted octanol–water partition coefficient (Wildman–Crippen LogP) is 4.99. The predicted molar refractivity (Wildman–Crippen MR) is 127 cm³/mol. The van der Waals surface area contributed by atoms with E-state index in [9.17, 15) is 5.11 Å². The van der Waals surface area contributed by atoms with Crippen molar-refractivity contribution in [1.29, 1.82) is 0 Å². The monoisotopic (exact) mass is 442 g/mol. The summed E-state index contributed by atoms with van der Waals surface area (Å²) in [6, 6.07) is 16.8. The Kier molecular flexibility index (Phi) is 7.55. The molecule has 2 aromatic carbocycles. The highest BCUT2D eigenvalue weighted by Gasteiger charge is 2.40. The number of rotatable bonds is 8. The van der Waals surface area contributed by atoms with Crippen molar-refractivity contribution in [1.82, 2.24) is 10.2 Å². The van der Waals surface area contributed by atoms with E-state index < -0.39 is 5.60 Å². The van der Waals surface area contributed by atoms with Gasteiger partial charge in [0.2, 0.25) is 0 Å². The summed E-state index contributed by atoms with van der Waals surface area (Å²) in [6.45, 7) is 3.47. The van der Waals surface area contributed by atoms with Crippen LogP contribution in [-0.2, 0) is 6.61 Å². The summed E-state index contributed by atoms with van der Waals surface area (Å²) in [5.74, 6) is 0.754. The zero-order valence-corrected chi connectivity index (χ0v) is 19.3. The normalized spacial score (nSPS) is 22.4. The Balaban J connectivity index is 1.52. The molecule has 0 radical (unpaired) electrons. The van der Waals surface area contributed by atoms with Crippen LogP contribution in [0.2, 0.25) is 5.02 Å². The number of nitrogens with one attached hydrogen (secondary N) is 1. The summed E-state index contributed by atoms with van der Waals surface area (Å²) >= 11 is 6.66. The largest absolute Gasteiger partial charge is 0.487 e. The maximum atomic E-state index is 11.7. The summed E-state index contributed by atoms with van der Waals surface area (Å²) in [6.07, 6.45) is 6.30. The third kappa shape index (κ3) is 5.61. The second-order valence-corrected chi connectivity index (χ2v) is 9.62. The SMILES string of the molecule is CN[C@@H]1CCN(CC(c2ccc(OCc3ccccc3)c(Cl)c2)C2(O)CCCCC2)C1. The maximum absolute atomic E-state index is 11.7. The van der Waals surface area contributed by atoms with Crippen LogP contribution in [-0.4, -0.2) is 48.3 Å². The van der Waals surface area contributed by atoms with Gasteiger partial charge in [0, 0.05) is 25.0 Å². The fourth-order valence-electron chi connectivity index (χ4n) is 5.18. The second kappa shape index (κ2) is 10.4. The van der Waals surface area contributed by atoms with Crippen LogP contribution in [0, 0.1) is 0 Å². The van der Waals surface area contributed by atoms with Crippen molar-refractivity contribution < 1.29 is 9.84 Å². The summed E-state index contributed by atoms with van der Waals surface area (Å²) < 4.78 is 5.98. The maximum Gasteiger partial charge on any atom is 0.138 e. The Morgan fingerprint density at radius 1 is 1.16 bits per heavy atom. The Bertz CT molecular complexity index is 839. The number of likely N-dealkylation sites (tertiary alicyclic amines) is 1. The molecule has 31 heavy (non-hydrogen) atoms. The number of aliphatic hydroxyl groups is 1. The molecule has 1 saturated heterocycles. The molecule has 5 heteroatoms. The molecule has 2 fully saturated rings. The number of hydrogen-bond acceptors (Lipinski definition) is 4. The zero-order valence-electron chi connectivity index (χ0n) is 18.5. The lowest BCUT2D eigenvalue weighted by Gasteiger charge is -2.41. The minimum atomic E-state index is -0.661. The molecule has 1 heterocycles. The summed E-state index contributed by atoms with van der Waals surface area (Å²) in [7, 11) is 2.04. The molecule has 0 spiro atoms. The molecule has 2 aromatic rings. The number of benzene rings is 2. The third-order valence-corrected chi connectivity index (χ3v) is 7.38. The van der Waals surface area contributed by atoms with E-state index in [1.165, 1.54) is 6.42 Å². The minimum Gasteiger partial charge on any atom is -0.487 e. The molecule has 0 aromatic heterocycles. The molecule has 168 valence electrons. The molecular weight excluding hydrogens is 408 g/mol. The number of halogens is 1. The summed E-state index contributed by atoms with van der Waals surface area (Å²) in [4.78, 5) is 2.49. The molecule has 4 rings (SSSR count). The van der Waals surface area contributed by atoms with Gasteiger partial charge < -0.3 is 20.1 Å². The molecule has 2 N–H and O–H groups in total. The highest BCUT2D eigenvalue weighted by atomic mass is 35.5. The molecule has 0 bridgehead atoms. The molecular formula is C26H35ClN2O2. The average Bonchev–Trinajstić information content (AvgIpc) is 3.26. The Morgan fingerprint density at radius 3 is 2.61 bits per heavy atom. The van der Waals surface area contributed by atoms with Crippen molar-refractivity contribution in [2.24, 2.45) is 0 Å². The Morgan fingerprint density at radius 2 is 1.94 bits per heavy atom. The van der Waals surface area contributed by atoms with Gasteiger partial charge in [-0.2, -0.15) is 0 Å². The van der Waals surface area contributed by atoms with E-state index in [1.54, 1.807) is 0 Å². The van der Waals surface area contributed by atoms with Crippen LogP contribution in [0.5, 0.6) is 5.75 Å². The zero-order chi connectivity index (χ0) is 21.7. The van der Waals surface area contributed by atoms with Crippen molar-refractivity contribution in [2.45, 2.75) is 62.7 Å². The van der Waals surface area contributed by atoms with Gasteiger partial charge in [0.15, 0.2) is 0 Å². The van der Waals surface area contributed by atoms with Gasteiger partial charge in [0.1, 0.15) is 12.4 Å². The van der Waals surface area contributed by atoms with Crippen molar-refractivity contribution >= 4 is 11.6 Å². The Labute approximate surface area is 191 Å². The van der Waals surface area contributed by atoms with Crippen LogP contribution in [0.3, 0.4) is 0 Å². The molecule has 1 saturated carbocycles. The van der Waals surface area contributed by atoms with Gasteiger partial charge in [-0.25, -0.2) is 0 Å². The first kappa shape index (κ1) is 22.6. The molecule has 1 aliphatic carbocycles. The van der Waals surface area contributed by atoms with Gasteiger partial charge in [-0.15, -0.1) is 0 Å². The second-order valence-electron chi connectivity index (χ2n) is 9.21. The summed E-state index contributed by atoms with van der Waals surface area (Å²) in [5.41, 5.74) is 1.57. The highest BCUT2D eigenvalue weighted by molar-refractivity contribution is 6.32. The fraction of sp³-hybridized carbons (Fsp3) is 0.538. The lowest BCUT2D eigenvalue weighted by molar-refractivity contribution is -0.0295. The number of hydrogen-bond donors (Lipinski definition) is 2. The van der Waals surface area contributed by atoms with Crippen molar-refractivity contribution in [3.8, 4) is 5.75 Å². The van der Waals surface area contributed by atoms with Crippen LogP contribution in [0.25, 0.3) is 0 Å².